The quantitative estimate of drug-likeness (QED) is 0.775. The molecule has 2 heterocycles. The Hall–Kier alpha value is -1.72. The summed E-state index contributed by atoms with van der Waals surface area (Å²) < 4.78 is 7.24. The van der Waals surface area contributed by atoms with E-state index in [1.165, 1.54) is 4.90 Å². The highest BCUT2D eigenvalue weighted by molar-refractivity contribution is 5.65. The Bertz CT molecular complexity index is 363. The minimum absolute atomic E-state index is 0.0506. The van der Waals surface area contributed by atoms with Crippen LogP contribution in [0.5, 0.6) is 5.75 Å². The van der Waals surface area contributed by atoms with E-state index in [2.05, 4.69) is 5.10 Å². The Labute approximate surface area is 87.1 Å². The van der Waals surface area contributed by atoms with E-state index in [-0.39, 0.29) is 6.10 Å². The predicted octanol–water partition coefficient (Wildman–Crippen LogP) is 0.551. The first-order valence-electron chi connectivity index (χ1n) is 4.78. The Kier molecular flexibility index (Phi) is 2.49. The van der Waals surface area contributed by atoms with Crippen LogP contribution in [-0.4, -0.2) is 45.1 Å². The molecule has 6 heteroatoms. The van der Waals surface area contributed by atoms with E-state index in [1.54, 1.807) is 17.1 Å². The fourth-order valence-corrected chi connectivity index (χ4v) is 1.65. The highest BCUT2D eigenvalue weighted by atomic mass is 16.5. The third-order valence-corrected chi connectivity index (χ3v) is 2.40. The molecular weight excluding hydrogens is 198 g/mol. The van der Waals surface area contributed by atoms with E-state index in [9.17, 15) is 4.79 Å². The minimum Gasteiger partial charge on any atom is -0.485 e. The molecule has 6 nitrogen and oxygen atoms in total. The van der Waals surface area contributed by atoms with Crippen LogP contribution in [-0.2, 0) is 7.05 Å². The summed E-state index contributed by atoms with van der Waals surface area (Å²) in [5.41, 5.74) is 0. The zero-order chi connectivity index (χ0) is 10.8. The van der Waals surface area contributed by atoms with Crippen LogP contribution in [0.15, 0.2) is 12.4 Å². The van der Waals surface area contributed by atoms with Crippen molar-refractivity contribution < 1.29 is 14.6 Å². The van der Waals surface area contributed by atoms with Crippen molar-refractivity contribution in [2.24, 2.45) is 7.05 Å². The molecule has 1 fully saturated rings. The second-order valence-corrected chi connectivity index (χ2v) is 3.61. The third-order valence-electron chi connectivity index (χ3n) is 2.40. The molecule has 1 saturated heterocycles. The highest BCUT2D eigenvalue weighted by Gasteiger charge is 2.27. The van der Waals surface area contributed by atoms with Crippen molar-refractivity contribution in [3.63, 3.8) is 0 Å². The van der Waals surface area contributed by atoms with Crippen molar-refractivity contribution in [3.05, 3.63) is 12.4 Å². The van der Waals surface area contributed by atoms with Crippen LogP contribution >= 0.6 is 0 Å². The van der Waals surface area contributed by atoms with Gasteiger partial charge in [-0.3, -0.25) is 4.68 Å². The lowest BCUT2D eigenvalue weighted by molar-refractivity contribution is 0.145. The summed E-state index contributed by atoms with van der Waals surface area (Å²) in [6.07, 6.45) is 3.20. The van der Waals surface area contributed by atoms with Gasteiger partial charge in [0, 0.05) is 20.0 Å². The number of aryl methyl sites for hydroxylation is 1. The van der Waals surface area contributed by atoms with Gasteiger partial charge >= 0.3 is 6.09 Å². The van der Waals surface area contributed by atoms with Gasteiger partial charge in [-0.1, -0.05) is 0 Å². The van der Waals surface area contributed by atoms with Crippen LogP contribution in [0, 0.1) is 0 Å². The van der Waals surface area contributed by atoms with Crippen LogP contribution < -0.4 is 4.74 Å². The summed E-state index contributed by atoms with van der Waals surface area (Å²) in [6, 6.07) is 0. The number of hydrogen-bond donors (Lipinski definition) is 1. The largest absolute Gasteiger partial charge is 0.485 e. The number of carbonyl (C=O) groups is 1. The molecule has 1 N–H and O–H groups in total. The van der Waals surface area contributed by atoms with E-state index in [4.69, 9.17) is 9.84 Å². The average Bonchev–Trinajstić information content (AvgIpc) is 2.76. The standard InChI is InChI=1S/C9H13N3O3/c1-11-5-8(4-10-11)15-7-2-3-12(6-7)9(13)14/h4-5,7H,2-3,6H2,1H3,(H,13,14)/t7-/m1/s1. The number of ether oxygens (including phenoxy) is 1. The fourth-order valence-electron chi connectivity index (χ4n) is 1.65. The lowest BCUT2D eigenvalue weighted by Gasteiger charge is -2.12. The van der Waals surface area contributed by atoms with Crippen LogP contribution in [0.1, 0.15) is 6.42 Å². The molecule has 0 spiro atoms. The van der Waals surface area contributed by atoms with Crippen LogP contribution in [0.4, 0.5) is 4.79 Å². The topological polar surface area (TPSA) is 67.6 Å². The van der Waals surface area contributed by atoms with Crippen LogP contribution in [0.2, 0.25) is 0 Å². The Morgan fingerprint density at radius 2 is 2.53 bits per heavy atom. The molecule has 1 atom stereocenters. The van der Waals surface area contributed by atoms with Crippen LogP contribution in [0.25, 0.3) is 0 Å². The van der Waals surface area contributed by atoms with E-state index in [1.807, 2.05) is 7.05 Å². The van der Waals surface area contributed by atoms with E-state index >= 15 is 0 Å². The van der Waals surface area contributed by atoms with Gasteiger partial charge in [0.15, 0.2) is 5.75 Å². The number of carboxylic acid groups (broad SMARTS) is 1. The van der Waals surface area contributed by atoms with Crippen molar-refractivity contribution in [2.45, 2.75) is 12.5 Å². The maximum Gasteiger partial charge on any atom is 0.407 e. The Morgan fingerprint density at radius 3 is 3.07 bits per heavy atom. The summed E-state index contributed by atoms with van der Waals surface area (Å²) in [6.45, 7) is 0.977. The number of amides is 1. The van der Waals surface area contributed by atoms with E-state index in [0.29, 0.717) is 18.8 Å². The zero-order valence-electron chi connectivity index (χ0n) is 8.46. The highest BCUT2D eigenvalue weighted by Crippen LogP contribution is 2.17. The van der Waals surface area contributed by atoms with Crippen molar-refractivity contribution >= 4 is 6.09 Å². The molecule has 0 bridgehead atoms. The molecule has 0 saturated carbocycles. The smallest absolute Gasteiger partial charge is 0.407 e. The molecular formula is C9H13N3O3. The molecule has 2 rings (SSSR count). The molecule has 1 aromatic rings. The number of rotatable bonds is 2. The molecule has 15 heavy (non-hydrogen) atoms. The summed E-state index contributed by atoms with van der Waals surface area (Å²) in [5.74, 6) is 0.690. The maximum atomic E-state index is 10.7. The van der Waals surface area contributed by atoms with Crippen molar-refractivity contribution in [2.75, 3.05) is 13.1 Å². The molecule has 1 aliphatic heterocycles. The predicted molar refractivity (Wildman–Crippen MR) is 51.8 cm³/mol. The molecule has 0 aliphatic carbocycles. The van der Waals surface area contributed by atoms with Gasteiger partial charge in [0.1, 0.15) is 6.10 Å². The van der Waals surface area contributed by atoms with E-state index < -0.39 is 6.09 Å². The molecule has 1 aromatic heterocycles. The van der Waals surface area contributed by atoms with Crippen molar-refractivity contribution in [3.8, 4) is 5.75 Å². The normalized spacial score (nSPS) is 20.6. The fraction of sp³-hybridized carbons (Fsp3) is 0.556. The Balaban J connectivity index is 1.90. The first-order valence-corrected chi connectivity index (χ1v) is 4.78. The first kappa shape index (κ1) is 9.82. The summed E-state index contributed by atoms with van der Waals surface area (Å²) in [5, 5.41) is 12.7. The third kappa shape index (κ3) is 2.20. The summed E-state index contributed by atoms with van der Waals surface area (Å²) >= 11 is 0. The van der Waals surface area contributed by atoms with Gasteiger partial charge in [0.2, 0.25) is 0 Å². The summed E-state index contributed by atoms with van der Waals surface area (Å²) in [4.78, 5) is 12.0. The van der Waals surface area contributed by atoms with E-state index in [0.717, 1.165) is 6.42 Å². The van der Waals surface area contributed by atoms with Crippen molar-refractivity contribution in [1.29, 1.82) is 0 Å². The second-order valence-electron chi connectivity index (χ2n) is 3.61. The number of likely N-dealkylation sites (tertiary alicyclic amines) is 1. The molecule has 1 amide bonds. The maximum absolute atomic E-state index is 10.7. The van der Waals surface area contributed by atoms with Gasteiger partial charge in [-0.25, -0.2) is 4.79 Å². The lowest BCUT2D eigenvalue weighted by Crippen LogP contribution is -2.29. The minimum atomic E-state index is -0.882. The van der Waals surface area contributed by atoms with Crippen molar-refractivity contribution in [1.82, 2.24) is 14.7 Å². The number of aromatic nitrogens is 2. The van der Waals surface area contributed by atoms with Gasteiger partial charge in [-0.2, -0.15) is 5.10 Å². The molecule has 1 aliphatic rings. The Morgan fingerprint density at radius 1 is 1.73 bits per heavy atom. The van der Waals surface area contributed by atoms with Gasteiger partial charge in [-0.15, -0.1) is 0 Å². The molecule has 82 valence electrons. The lowest BCUT2D eigenvalue weighted by atomic mass is 10.3. The van der Waals surface area contributed by atoms with Crippen LogP contribution in [0.3, 0.4) is 0 Å². The van der Waals surface area contributed by atoms with Gasteiger partial charge < -0.3 is 14.7 Å². The second kappa shape index (κ2) is 3.80. The molecule has 0 aromatic carbocycles. The number of hydrogen-bond acceptors (Lipinski definition) is 3. The van der Waals surface area contributed by atoms with Gasteiger partial charge in [0.05, 0.1) is 18.9 Å². The zero-order valence-corrected chi connectivity index (χ0v) is 8.46. The van der Waals surface area contributed by atoms with Gasteiger partial charge in [0.25, 0.3) is 0 Å². The average molecular weight is 211 g/mol. The SMILES string of the molecule is Cn1cc(O[C@@H]2CCN(C(=O)O)C2)cn1. The van der Waals surface area contributed by atoms with Gasteiger partial charge in [-0.05, 0) is 0 Å². The number of nitrogens with zero attached hydrogens (tertiary/aromatic N) is 3. The molecule has 0 unspecified atom stereocenters. The first-order chi connectivity index (χ1) is 7.15. The monoisotopic (exact) mass is 211 g/mol. The molecule has 0 radical (unpaired) electrons. The summed E-state index contributed by atoms with van der Waals surface area (Å²) in [7, 11) is 1.81.